The van der Waals surface area contributed by atoms with Gasteiger partial charge >= 0.3 is 0 Å². The number of aromatic amines is 1. The van der Waals surface area contributed by atoms with Crippen LogP contribution in [0.25, 0.3) is 56.3 Å². The van der Waals surface area contributed by atoms with E-state index in [2.05, 4.69) is 42.4 Å². The van der Waals surface area contributed by atoms with Gasteiger partial charge < -0.3 is 59.7 Å². The van der Waals surface area contributed by atoms with Gasteiger partial charge in [-0.3, -0.25) is 4.98 Å². The van der Waals surface area contributed by atoms with Gasteiger partial charge in [0.15, 0.2) is 11.6 Å². The van der Waals surface area contributed by atoms with Crippen LogP contribution in [-0.4, -0.2) is 160 Å². The summed E-state index contributed by atoms with van der Waals surface area (Å²) < 4.78 is 23.6. The normalized spacial score (nSPS) is 16.2. The molecule has 5 aromatic heterocycles. The standard InChI is InChI=1S/C54H66N12O7/c1-54(69,48-25-35(11-17-58-48)46-26-49(65(4)38-12-19-70-20-13-38)63-51(61-46)36-7-5-9-42(23-36)72-32-40(67)28-55-2)16-18-66(39-14-21-71-22-15-39)50-27-47(44-31-59-53-45(44)30-57-34-60-53)62-52(64-50)37-8-6-10-43(24-37)73-33-41(68)29-56-3/h5-11,17,23-27,30-31,34,38-41,55-56,67-69H,12-16,18-22,28-29,32-33H2,1-4H3,(H,57,59,60). The molecular formula is C54H66N12O7. The third-order valence-electron chi connectivity index (χ3n) is 13.5. The molecular weight excluding hydrogens is 929 g/mol. The molecule has 73 heavy (non-hydrogen) atoms. The lowest BCUT2D eigenvalue weighted by Crippen LogP contribution is -2.42. The molecule has 2 aliphatic rings. The lowest BCUT2D eigenvalue weighted by Gasteiger charge is -2.37. The molecule has 6 N–H and O–H groups in total. The molecule has 9 rings (SSSR count). The first kappa shape index (κ1) is 51.2. The summed E-state index contributed by atoms with van der Waals surface area (Å²) in [7, 11) is 5.63. The smallest absolute Gasteiger partial charge is 0.162 e. The van der Waals surface area contributed by atoms with Crippen LogP contribution in [0, 0.1) is 0 Å². The molecule has 2 aromatic carbocycles. The number of nitrogens with one attached hydrogen (secondary N) is 3. The van der Waals surface area contributed by atoms with Crippen LogP contribution in [-0.2, 0) is 15.1 Å². The summed E-state index contributed by atoms with van der Waals surface area (Å²) in [6.07, 6.45) is 9.11. The molecule has 0 spiro atoms. The number of nitrogens with zero attached hydrogens (tertiary/aromatic N) is 9. The van der Waals surface area contributed by atoms with Gasteiger partial charge in [0, 0.05) is 124 Å². The van der Waals surface area contributed by atoms with E-state index >= 15 is 0 Å². The maximum atomic E-state index is 12.6. The Morgan fingerprint density at radius 2 is 1.34 bits per heavy atom. The third-order valence-corrected chi connectivity index (χ3v) is 13.5. The minimum atomic E-state index is -1.39. The molecule has 3 atom stereocenters. The first-order chi connectivity index (χ1) is 35.5. The van der Waals surface area contributed by atoms with Crippen molar-refractivity contribution < 1.29 is 34.3 Å². The molecule has 0 radical (unpaired) electrons. The second-order valence-corrected chi connectivity index (χ2v) is 18.9. The molecule has 19 nitrogen and oxygen atoms in total. The van der Waals surface area contributed by atoms with Crippen LogP contribution < -0.4 is 29.9 Å². The van der Waals surface area contributed by atoms with Gasteiger partial charge in [0.05, 0.1) is 17.1 Å². The van der Waals surface area contributed by atoms with Crippen molar-refractivity contribution in [2.45, 2.75) is 68.9 Å². The zero-order chi connectivity index (χ0) is 50.7. The van der Waals surface area contributed by atoms with Crippen molar-refractivity contribution >= 4 is 22.7 Å². The predicted octanol–water partition coefficient (Wildman–Crippen LogP) is 5.42. The Morgan fingerprint density at radius 3 is 1.99 bits per heavy atom. The van der Waals surface area contributed by atoms with Crippen LogP contribution in [0.3, 0.4) is 0 Å². The van der Waals surface area contributed by atoms with Gasteiger partial charge in [0.25, 0.3) is 0 Å². The van der Waals surface area contributed by atoms with E-state index in [1.807, 2.05) is 79.0 Å². The lowest BCUT2D eigenvalue weighted by atomic mass is 9.94. The minimum absolute atomic E-state index is 0.0435. The van der Waals surface area contributed by atoms with Gasteiger partial charge in [-0.05, 0) is 89.5 Å². The Hall–Kier alpha value is -6.71. The number of aromatic nitrogens is 8. The molecule has 7 aromatic rings. The number of rotatable bonds is 22. The first-order valence-corrected chi connectivity index (χ1v) is 25.1. The second-order valence-electron chi connectivity index (χ2n) is 18.9. The van der Waals surface area contributed by atoms with E-state index in [1.165, 1.54) is 6.33 Å². The van der Waals surface area contributed by atoms with Crippen molar-refractivity contribution in [2.75, 3.05) is 90.2 Å². The van der Waals surface area contributed by atoms with Gasteiger partial charge in [0.1, 0.15) is 66.1 Å². The zero-order valence-corrected chi connectivity index (χ0v) is 41.9. The number of aliphatic hydroxyl groups is 3. The molecule has 384 valence electrons. The van der Waals surface area contributed by atoms with E-state index in [0.717, 1.165) is 59.1 Å². The highest BCUT2D eigenvalue weighted by Crippen LogP contribution is 2.36. The zero-order valence-electron chi connectivity index (χ0n) is 41.9. The predicted molar refractivity (Wildman–Crippen MR) is 280 cm³/mol. The van der Waals surface area contributed by atoms with Crippen molar-refractivity contribution in [3.05, 3.63) is 103 Å². The fourth-order valence-electron chi connectivity index (χ4n) is 9.33. The van der Waals surface area contributed by atoms with Gasteiger partial charge in [-0.15, -0.1) is 0 Å². The number of pyridine rings is 1. The van der Waals surface area contributed by atoms with Crippen molar-refractivity contribution in [1.82, 2.24) is 50.5 Å². The average molecular weight is 995 g/mol. The van der Waals surface area contributed by atoms with E-state index in [4.69, 9.17) is 43.9 Å². The number of hydrogen-bond acceptors (Lipinski definition) is 18. The van der Waals surface area contributed by atoms with Gasteiger partial charge in [-0.2, -0.15) is 0 Å². The van der Waals surface area contributed by atoms with Gasteiger partial charge in [0.2, 0.25) is 0 Å². The maximum Gasteiger partial charge on any atom is 0.162 e. The summed E-state index contributed by atoms with van der Waals surface area (Å²) >= 11 is 0. The number of hydrogen-bond donors (Lipinski definition) is 6. The lowest BCUT2D eigenvalue weighted by molar-refractivity contribution is 0.0426. The van der Waals surface area contributed by atoms with Crippen LogP contribution >= 0.6 is 0 Å². The first-order valence-electron chi connectivity index (χ1n) is 25.1. The summed E-state index contributed by atoms with van der Waals surface area (Å²) in [5.41, 5.74) is 4.21. The molecule has 0 amide bonds. The Bertz CT molecular complexity index is 2910. The summed E-state index contributed by atoms with van der Waals surface area (Å²) in [5.74, 6) is 3.60. The van der Waals surface area contributed by atoms with E-state index in [1.54, 1.807) is 33.4 Å². The van der Waals surface area contributed by atoms with Crippen molar-refractivity contribution in [1.29, 1.82) is 0 Å². The van der Waals surface area contributed by atoms with Crippen molar-refractivity contribution in [2.24, 2.45) is 0 Å². The quantitative estimate of drug-likeness (QED) is 0.0498. The second kappa shape index (κ2) is 23.9. The van der Waals surface area contributed by atoms with Crippen LogP contribution in [0.15, 0.2) is 97.7 Å². The van der Waals surface area contributed by atoms with Gasteiger partial charge in [-0.25, -0.2) is 29.9 Å². The number of anilines is 2. The summed E-state index contributed by atoms with van der Waals surface area (Å²) in [5, 5.41) is 40.0. The maximum absolute atomic E-state index is 12.6. The summed E-state index contributed by atoms with van der Waals surface area (Å²) in [6.45, 7) is 5.82. The Balaban J connectivity index is 1.04. The fraction of sp³-hybridized carbons (Fsp3) is 0.426. The number of H-pyrrole nitrogens is 1. The number of likely N-dealkylation sites (N-methyl/N-ethyl adjacent to an activating group) is 2. The molecule has 0 saturated carbocycles. The Labute approximate surface area is 425 Å². The number of fused-ring (bicyclic) bond motifs is 1. The molecule has 2 aliphatic heterocycles. The monoisotopic (exact) mass is 995 g/mol. The van der Waals surface area contributed by atoms with Crippen LogP contribution in [0.5, 0.6) is 11.5 Å². The summed E-state index contributed by atoms with van der Waals surface area (Å²) in [4.78, 5) is 41.9. The number of benzene rings is 2. The fourth-order valence-corrected chi connectivity index (χ4v) is 9.33. The molecule has 7 heterocycles. The average Bonchev–Trinajstić information content (AvgIpc) is 3.87. The highest BCUT2D eigenvalue weighted by molar-refractivity contribution is 5.92. The topological polar surface area (TPSA) is 234 Å². The van der Waals surface area contributed by atoms with Crippen LogP contribution in [0.1, 0.15) is 44.7 Å². The molecule has 19 heteroatoms. The highest BCUT2D eigenvalue weighted by atomic mass is 16.5. The third kappa shape index (κ3) is 12.7. The Morgan fingerprint density at radius 1 is 0.740 bits per heavy atom. The number of ether oxygens (including phenoxy) is 4. The van der Waals surface area contributed by atoms with E-state index in [9.17, 15) is 15.3 Å². The van der Waals surface area contributed by atoms with Crippen molar-refractivity contribution in [3.8, 4) is 56.8 Å². The molecule has 2 fully saturated rings. The van der Waals surface area contributed by atoms with E-state index in [-0.39, 0.29) is 25.3 Å². The molecule has 2 saturated heterocycles. The minimum Gasteiger partial charge on any atom is -0.491 e. The highest BCUT2D eigenvalue weighted by Gasteiger charge is 2.31. The van der Waals surface area contributed by atoms with Crippen LogP contribution in [0.4, 0.5) is 11.6 Å². The van der Waals surface area contributed by atoms with Crippen molar-refractivity contribution in [3.63, 3.8) is 0 Å². The van der Waals surface area contributed by atoms with Gasteiger partial charge in [-0.1, -0.05) is 24.3 Å². The molecule has 0 bridgehead atoms. The molecule has 0 aliphatic carbocycles. The van der Waals surface area contributed by atoms with E-state index < -0.39 is 17.8 Å². The largest absolute Gasteiger partial charge is 0.491 e. The SMILES string of the molecule is CNCC(O)COc1cccc(-c2nc(-c3ccnc(C(C)(O)CCN(c4cc(-c5c[nH]c6ncncc56)nc(-c5cccc(OCC(O)CNC)c5)n4)C4CCOCC4)c3)cc(N(C)C3CCOCC3)n2)c1. The Kier molecular flexibility index (Phi) is 16.8. The molecule has 3 unspecified atom stereocenters. The number of aliphatic hydroxyl groups excluding tert-OH is 2. The van der Waals surface area contributed by atoms with Crippen LogP contribution in [0.2, 0.25) is 0 Å². The van der Waals surface area contributed by atoms with E-state index in [0.29, 0.717) is 104 Å². The summed E-state index contributed by atoms with van der Waals surface area (Å²) in [6, 6.07) is 23.2.